The molecule has 0 amide bonds. The highest BCUT2D eigenvalue weighted by atomic mass is 16.7. The number of hydrogen-bond donors (Lipinski definition) is 1. The minimum Gasteiger partial charge on any atom is -0.367 e. The van der Waals surface area contributed by atoms with Gasteiger partial charge in [-0.15, -0.1) is 4.73 Å². The lowest BCUT2D eigenvalue weighted by Gasteiger charge is -2.05. The molecule has 66 valence electrons. The molecular formula is C7H11N3O2. The van der Waals surface area contributed by atoms with E-state index in [0.717, 1.165) is 0 Å². The summed E-state index contributed by atoms with van der Waals surface area (Å²) >= 11 is 0. The molecule has 1 aromatic heterocycles. The van der Waals surface area contributed by atoms with Gasteiger partial charge in [-0.05, 0) is 6.92 Å². The van der Waals surface area contributed by atoms with E-state index in [1.165, 1.54) is 10.9 Å². The van der Waals surface area contributed by atoms with E-state index in [1.54, 1.807) is 13.8 Å². The number of nitrogens with zero attached hydrogens (tertiary/aromatic N) is 2. The zero-order valence-corrected chi connectivity index (χ0v) is 7.07. The molecule has 0 aliphatic carbocycles. The van der Waals surface area contributed by atoms with Gasteiger partial charge in [0.1, 0.15) is 0 Å². The largest absolute Gasteiger partial charge is 0.367 e. The zero-order chi connectivity index (χ0) is 9.14. The number of rotatable bonds is 2. The summed E-state index contributed by atoms with van der Waals surface area (Å²) in [6, 6.07) is 0. The minimum atomic E-state index is -0.331. The normalized spacial score (nSPS) is 9.83. The van der Waals surface area contributed by atoms with Crippen LogP contribution in [0.3, 0.4) is 0 Å². The number of nitrogens with two attached hydrogens (primary N) is 1. The maximum Gasteiger partial charge on any atom is 0.332 e. The molecular weight excluding hydrogens is 158 g/mol. The van der Waals surface area contributed by atoms with Crippen molar-refractivity contribution in [2.45, 2.75) is 20.3 Å². The topological polar surface area (TPSA) is 70.1 Å². The average molecular weight is 169 g/mol. The van der Waals surface area contributed by atoms with E-state index in [9.17, 15) is 4.79 Å². The third-order valence-corrected chi connectivity index (χ3v) is 1.39. The monoisotopic (exact) mass is 169 g/mol. The van der Waals surface area contributed by atoms with Crippen LogP contribution < -0.4 is 10.6 Å². The predicted molar refractivity (Wildman–Crippen MR) is 43.3 cm³/mol. The molecule has 1 heterocycles. The standard InChI is InChI=1S/C7H11N3O2/c1-3-6(11)12-10-5(2)4-9-7(10)8/h4H,3H2,1-2H3,(H2,8,9). The van der Waals surface area contributed by atoms with Crippen molar-refractivity contribution in [3.8, 4) is 0 Å². The molecule has 0 spiro atoms. The number of carbonyl (C=O) groups is 1. The maximum atomic E-state index is 10.9. The van der Waals surface area contributed by atoms with Gasteiger partial charge >= 0.3 is 5.97 Å². The van der Waals surface area contributed by atoms with Crippen LogP contribution in [-0.2, 0) is 4.79 Å². The van der Waals surface area contributed by atoms with Crippen molar-refractivity contribution >= 4 is 11.9 Å². The molecule has 5 heteroatoms. The number of nitrogen functional groups attached to an aromatic ring is 1. The molecule has 1 aromatic rings. The number of imidazole rings is 1. The van der Waals surface area contributed by atoms with Crippen LogP contribution in [0.15, 0.2) is 6.20 Å². The van der Waals surface area contributed by atoms with Gasteiger partial charge in [-0.25, -0.2) is 9.78 Å². The summed E-state index contributed by atoms with van der Waals surface area (Å²) in [4.78, 5) is 19.5. The highest BCUT2D eigenvalue weighted by Crippen LogP contribution is 2.02. The number of anilines is 1. The average Bonchev–Trinajstić information content (AvgIpc) is 2.35. The molecule has 0 saturated carbocycles. The molecule has 0 aliphatic rings. The molecule has 1 rings (SSSR count). The van der Waals surface area contributed by atoms with Crippen molar-refractivity contribution in [2.75, 3.05) is 5.73 Å². The molecule has 0 aromatic carbocycles. The van der Waals surface area contributed by atoms with Crippen molar-refractivity contribution < 1.29 is 9.63 Å². The van der Waals surface area contributed by atoms with Crippen LogP contribution in [0.5, 0.6) is 0 Å². The fraction of sp³-hybridized carbons (Fsp3) is 0.429. The Balaban J connectivity index is 2.80. The van der Waals surface area contributed by atoms with Gasteiger partial charge in [0.2, 0.25) is 5.95 Å². The first-order valence-corrected chi connectivity index (χ1v) is 3.66. The predicted octanol–water partition coefficient (Wildman–Crippen LogP) is 0.139. The Morgan fingerprint density at radius 2 is 2.50 bits per heavy atom. The smallest absolute Gasteiger partial charge is 0.332 e. The molecule has 12 heavy (non-hydrogen) atoms. The SMILES string of the molecule is CCC(=O)On1c(C)cnc1N. The van der Waals surface area contributed by atoms with Crippen LogP contribution in [0.1, 0.15) is 19.0 Å². The van der Waals surface area contributed by atoms with E-state index < -0.39 is 0 Å². The second-order valence-electron chi connectivity index (χ2n) is 2.37. The van der Waals surface area contributed by atoms with Crippen molar-refractivity contribution in [3.05, 3.63) is 11.9 Å². The highest BCUT2D eigenvalue weighted by molar-refractivity contribution is 5.69. The summed E-state index contributed by atoms with van der Waals surface area (Å²) in [6.07, 6.45) is 1.86. The summed E-state index contributed by atoms with van der Waals surface area (Å²) in [5.74, 6) is -0.142. The lowest BCUT2D eigenvalue weighted by atomic mass is 10.5. The molecule has 0 radical (unpaired) electrons. The molecule has 2 N–H and O–H groups in total. The maximum absolute atomic E-state index is 10.9. The van der Waals surface area contributed by atoms with Crippen LogP contribution in [0, 0.1) is 6.92 Å². The fourth-order valence-electron chi connectivity index (χ4n) is 0.730. The van der Waals surface area contributed by atoms with E-state index in [1.807, 2.05) is 0 Å². The van der Waals surface area contributed by atoms with E-state index in [2.05, 4.69) is 4.98 Å². The van der Waals surface area contributed by atoms with Crippen molar-refractivity contribution in [3.63, 3.8) is 0 Å². The third-order valence-electron chi connectivity index (χ3n) is 1.39. The van der Waals surface area contributed by atoms with Gasteiger partial charge in [-0.3, -0.25) is 0 Å². The minimum absolute atomic E-state index is 0.189. The van der Waals surface area contributed by atoms with Gasteiger partial charge in [0.05, 0.1) is 11.9 Å². The second-order valence-corrected chi connectivity index (χ2v) is 2.37. The van der Waals surface area contributed by atoms with Crippen LogP contribution in [0.4, 0.5) is 5.95 Å². The third kappa shape index (κ3) is 1.55. The number of aromatic nitrogens is 2. The van der Waals surface area contributed by atoms with Gasteiger partial charge in [0.25, 0.3) is 0 Å². The summed E-state index contributed by atoms with van der Waals surface area (Å²) < 4.78 is 1.21. The summed E-state index contributed by atoms with van der Waals surface area (Å²) in [5.41, 5.74) is 6.12. The Morgan fingerprint density at radius 3 is 2.92 bits per heavy atom. The quantitative estimate of drug-likeness (QED) is 0.683. The first kappa shape index (κ1) is 8.58. The highest BCUT2D eigenvalue weighted by Gasteiger charge is 2.07. The van der Waals surface area contributed by atoms with Crippen LogP contribution in [-0.4, -0.2) is 15.7 Å². The van der Waals surface area contributed by atoms with Crippen molar-refractivity contribution in [1.29, 1.82) is 0 Å². The molecule has 0 unspecified atom stereocenters. The van der Waals surface area contributed by atoms with Crippen molar-refractivity contribution in [2.24, 2.45) is 0 Å². The summed E-state index contributed by atoms with van der Waals surface area (Å²) in [7, 11) is 0. The summed E-state index contributed by atoms with van der Waals surface area (Å²) in [5, 5.41) is 0. The van der Waals surface area contributed by atoms with E-state index in [-0.39, 0.29) is 11.9 Å². The first-order valence-electron chi connectivity index (χ1n) is 3.66. The van der Waals surface area contributed by atoms with Gasteiger partial charge in [-0.2, -0.15) is 0 Å². The Morgan fingerprint density at radius 1 is 1.83 bits per heavy atom. The Bertz CT molecular complexity index is 273. The van der Waals surface area contributed by atoms with E-state index >= 15 is 0 Å². The Labute approximate surface area is 70.1 Å². The molecule has 5 nitrogen and oxygen atoms in total. The molecule has 0 atom stereocenters. The van der Waals surface area contributed by atoms with E-state index in [0.29, 0.717) is 12.1 Å². The molecule has 0 bridgehead atoms. The van der Waals surface area contributed by atoms with Crippen LogP contribution in [0.25, 0.3) is 0 Å². The number of hydrogen-bond acceptors (Lipinski definition) is 4. The van der Waals surface area contributed by atoms with Gasteiger partial charge in [-0.1, -0.05) is 6.92 Å². The first-order chi connectivity index (χ1) is 5.65. The Hall–Kier alpha value is -1.52. The number of carbonyl (C=O) groups excluding carboxylic acids is 1. The lowest BCUT2D eigenvalue weighted by molar-refractivity contribution is -0.143. The Kier molecular flexibility index (Phi) is 2.32. The van der Waals surface area contributed by atoms with E-state index in [4.69, 9.17) is 10.6 Å². The number of aryl methyl sites for hydroxylation is 1. The van der Waals surface area contributed by atoms with Crippen LogP contribution in [0.2, 0.25) is 0 Å². The lowest BCUT2D eigenvalue weighted by Crippen LogP contribution is -2.21. The molecule has 0 saturated heterocycles. The summed E-state index contributed by atoms with van der Waals surface area (Å²) in [6.45, 7) is 3.47. The van der Waals surface area contributed by atoms with Gasteiger partial charge in [0.15, 0.2) is 0 Å². The molecule has 0 aliphatic heterocycles. The van der Waals surface area contributed by atoms with Gasteiger partial charge < -0.3 is 10.6 Å². The van der Waals surface area contributed by atoms with Crippen molar-refractivity contribution in [1.82, 2.24) is 9.71 Å². The molecule has 0 fully saturated rings. The zero-order valence-electron chi connectivity index (χ0n) is 7.07. The second kappa shape index (κ2) is 3.25. The fourth-order valence-corrected chi connectivity index (χ4v) is 0.730. The van der Waals surface area contributed by atoms with Crippen LogP contribution >= 0.6 is 0 Å². The van der Waals surface area contributed by atoms with Gasteiger partial charge in [0, 0.05) is 6.42 Å².